The number of thiazole rings is 1. The number of rotatable bonds is 2. The Bertz CT molecular complexity index is 551. The summed E-state index contributed by atoms with van der Waals surface area (Å²) in [6, 6.07) is 0. The van der Waals surface area contributed by atoms with Gasteiger partial charge in [-0.15, -0.1) is 11.3 Å². The predicted molar refractivity (Wildman–Crippen MR) is 93.5 cm³/mol. The van der Waals surface area contributed by atoms with E-state index in [0.29, 0.717) is 5.41 Å². The van der Waals surface area contributed by atoms with E-state index in [1.165, 1.54) is 37.2 Å². The molecule has 1 aromatic rings. The molecule has 1 saturated carbocycles. The zero-order chi connectivity index (χ0) is 15.8. The third kappa shape index (κ3) is 3.14. The van der Waals surface area contributed by atoms with Crippen LogP contribution in [0.25, 0.3) is 0 Å². The Hall–Kier alpha value is -1.10. The molecule has 5 heteroatoms. The van der Waals surface area contributed by atoms with Crippen molar-refractivity contribution in [2.75, 3.05) is 20.1 Å². The highest BCUT2D eigenvalue weighted by Gasteiger charge is 2.43. The van der Waals surface area contributed by atoms with Gasteiger partial charge in [-0.3, -0.25) is 4.99 Å². The molecular weight excluding hydrogens is 292 g/mol. The molecule has 2 aliphatic rings. The lowest BCUT2D eigenvalue weighted by atomic mass is 9.68. The Morgan fingerprint density at radius 1 is 1.41 bits per heavy atom. The molecule has 0 bridgehead atoms. The van der Waals surface area contributed by atoms with Gasteiger partial charge in [-0.25, -0.2) is 4.98 Å². The summed E-state index contributed by atoms with van der Waals surface area (Å²) in [4.78, 5) is 11.7. The van der Waals surface area contributed by atoms with Gasteiger partial charge in [0.1, 0.15) is 0 Å². The van der Waals surface area contributed by atoms with E-state index < -0.39 is 0 Å². The first-order valence-electron chi connectivity index (χ1n) is 8.32. The van der Waals surface area contributed by atoms with Crippen molar-refractivity contribution in [1.29, 1.82) is 0 Å². The second-order valence-electron chi connectivity index (χ2n) is 7.82. The first-order chi connectivity index (χ1) is 10.4. The smallest absolute Gasteiger partial charge is 0.193 e. The summed E-state index contributed by atoms with van der Waals surface area (Å²) < 4.78 is 0. The summed E-state index contributed by atoms with van der Waals surface area (Å²) in [5.41, 5.74) is 1.86. The van der Waals surface area contributed by atoms with Crippen molar-refractivity contribution in [3.8, 4) is 0 Å². The highest BCUT2D eigenvalue weighted by Crippen LogP contribution is 2.47. The lowest BCUT2D eigenvalue weighted by molar-refractivity contribution is 0.151. The zero-order valence-electron chi connectivity index (χ0n) is 14.3. The highest BCUT2D eigenvalue weighted by molar-refractivity contribution is 7.09. The van der Waals surface area contributed by atoms with Gasteiger partial charge in [-0.05, 0) is 24.7 Å². The summed E-state index contributed by atoms with van der Waals surface area (Å²) in [6.07, 6.45) is 5.55. The first-order valence-corrected chi connectivity index (χ1v) is 9.20. The van der Waals surface area contributed by atoms with Crippen LogP contribution in [0.2, 0.25) is 0 Å². The van der Waals surface area contributed by atoms with Crippen LogP contribution in [0, 0.1) is 5.41 Å². The average molecular weight is 321 g/mol. The second kappa shape index (κ2) is 5.84. The van der Waals surface area contributed by atoms with Crippen molar-refractivity contribution in [2.24, 2.45) is 10.4 Å². The zero-order valence-corrected chi connectivity index (χ0v) is 15.1. The normalized spacial score (nSPS) is 21.3. The minimum Gasteiger partial charge on any atom is -0.351 e. The Morgan fingerprint density at radius 3 is 2.68 bits per heavy atom. The molecule has 0 amide bonds. The number of likely N-dealkylation sites (tertiary alicyclic amines) is 1. The fourth-order valence-corrected chi connectivity index (χ4v) is 4.34. The van der Waals surface area contributed by atoms with Crippen LogP contribution in [-0.2, 0) is 12.0 Å². The maximum Gasteiger partial charge on any atom is 0.193 e. The average Bonchev–Trinajstić information content (AvgIpc) is 3.04. The van der Waals surface area contributed by atoms with Crippen LogP contribution >= 0.6 is 11.3 Å². The van der Waals surface area contributed by atoms with Crippen LogP contribution in [0.15, 0.2) is 10.4 Å². The van der Waals surface area contributed by atoms with Crippen LogP contribution in [0.4, 0.5) is 0 Å². The van der Waals surface area contributed by atoms with Gasteiger partial charge in [0, 0.05) is 30.9 Å². The molecule has 1 aliphatic carbocycles. The molecule has 3 rings (SSSR count). The fraction of sp³-hybridized carbons (Fsp3) is 0.765. The quantitative estimate of drug-likeness (QED) is 0.671. The van der Waals surface area contributed by atoms with Crippen LogP contribution in [0.5, 0.6) is 0 Å². The Morgan fingerprint density at radius 2 is 2.18 bits per heavy atom. The third-order valence-electron chi connectivity index (χ3n) is 4.98. The van der Waals surface area contributed by atoms with E-state index in [-0.39, 0.29) is 5.41 Å². The molecule has 0 aromatic carbocycles. The molecule has 2 heterocycles. The summed E-state index contributed by atoms with van der Waals surface area (Å²) >= 11 is 1.76. The molecule has 0 unspecified atom stereocenters. The van der Waals surface area contributed by atoms with Crippen molar-refractivity contribution in [3.05, 3.63) is 16.1 Å². The lowest BCUT2D eigenvalue weighted by Gasteiger charge is -2.38. The Kier molecular flexibility index (Phi) is 4.19. The van der Waals surface area contributed by atoms with Gasteiger partial charge in [0.25, 0.3) is 0 Å². The minimum atomic E-state index is 0.135. The van der Waals surface area contributed by atoms with Gasteiger partial charge in [0.15, 0.2) is 5.96 Å². The number of hydrogen-bond donors (Lipinski definition) is 1. The molecule has 122 valence electrons. The molecule has 1 aromatic heterocycles. The van der Waals surface area contributed by atoms with Crippen LogP contribution in [0.1, 0.15) is 57.2 Å². The van der Waals surface area contributed by atoms with E-state index in [1.54, 1.807) is 11.3 Å². The monoisotopic (exact) mass is 320 g/mol. The number of nitrogens with zero attached hydrogens (tertiary/aromatic N) is 3. The Balaban J connectivity index is 1.57. The summed E-state index contributed by atoms with van der Waals surface area (Å²) in [5, 5.41) is 6.87. The van der Waals surface area contributed by atoms with Crippen molar-refractivity contribution in [3.63, 3.8) is 0 Å². The fourth-order valence-electron chi connectivity index (χ4n) is 3.44. The lowest BCUT2D eigenvalue weighted by Crippen LogP contribution is -2.42. The molecule has 2 fully saturated rings. The topological polar surface area (TPSA) is 40.5 Å². The van der Waals surface area contributed by atoms with Gasteiger partial charge in [0.2, 0.25) is 0 Å². The standard InChI is InChI=1S/C17H28N4S/c1-16(2,3)14-20-13(11-22-14)10-19-15(18-4)21-9-8-17(12-21)6-5-7-17/h11H,5-10,12H2,1-4H3,(H,18,19). The van der Waals surface area contributed by atoms with Gasteiger partial charge in [0.05, 0.1) is 17.2 Å². The number of hydrogen-bond acceptors (Lipinski definition) is 3. The third-order valence-corrected chi connectivity index (χ3v) is 6.30. The maximum atomic E-state index is 4.75. The summed E-state index contributed by atoms with van der Waals surface area (Å²) in [7, 11) is 1.88. The molecular formula is C17H28N4S. The number of guanidine groups is 1. The molecule has 1 aliphatic heterocycles. The number of aromatic nitrogens is 1. The second-order valence-corrected chi connectivity index (χ2v) is 8.68. The SMILES string of the molecule is CN=C(NCc1csc(C(C)(C)C)n1)N1CCC2(CCC2)C1. The Labute approximate surface area is 138 Å². The number of nitrogens with one attached hydrogen (secondary N) is 1. The van der Waals surface area contributed by atoms with Gasteiger partial charge < -0.3 is 10.2 Å². The van der Waals surface area contributed by atoms with Gasteiger partial charge in [-0.1, -0.05) is 27.2 Å². The first kappa shape index (κ1) is 15.8. The van der Waals surface area contributed by atoms with Crippen molar-refractivity contribution >= 4 is 17.3 Å². The largest absolute Gasteiger partial charge is 0.351 e. The highest BCUT2D eigenvalue weighted by atomic mass is 32.1. The molecule has 4 nitrogen and oxygen atoms in total. The molecule has 0 atom stereocenters. The van der Waals surface area contributed by atoms with Crippen LogP contribution in [0.3, 0.4) is 0 Å². The van der Waals surface area contributed by atoms with Crippen molar-refractivity contribution in [2.45, 2.75) is 58.4 Å². The van der Waals surface area contributed by atoms with E-state index in [4.69, 9.17) is 4.98 Å². The van der Waals surface area contributed by atoms with E-state index in [2.05, 4.69) is 41.4 Å². The maximum absolute atomic E-state index is 4.75. The molecule has 22 heavy (non-hydrogen) atoms. The molecule has 1 N–H and O–H groups in total. The minimum absolute atomic E-state index is 0.135. The van der Waals surface area contributed by atoms with Crippen LogP contribution in [-0.4, -0.2) is 36.0 Å². The molecule has 1 saturated heterocycles. The van der Waals surface area contributed by atoms with E-state index in [9.17, 15) is 0 Å². The summed E-state index contributed by atoms with van der Waals surface area (Å²) in [5.74, 6) is 1.04. The number of aliphatic imine (C=N–C) groups is 1. The van der Waals surface area contributed by atoms with Crippen molar-refractivity contribution in [1.82, 2.24) is 15.2 Å². The molecule has 0 radical (unpaired) electrons. The van der Waals surface area contributed by atoms with Crippen LogP contribution < -0.4 is 5.32 Å². The van der Waals surface area contributed by atoms with E-state index in [0.717, 1.165) is 24.7 Å². The van der Waals surface area contributed by atoms with Crippen molar-refractivity contribution < 1.29 is 0 Å². The predicted octanol–water partition coefficient (Wildman–Crippen LogP) is 3.39. The van der Waals surface area contributed by atoms with E-state index >= 15 is 0 Å². The van der Waals surface area contributed by atoms with Gasteiger partial charge >= 0.3 is 0 Å². The summed E-state index contributed by atoms with van der Waals surface area (Å²) in [6.45, 7) is 9.72. The van der Waals surface area contributed by atoms with Gasteiger partial charge in [-0.2, -0.15) is 0 Å². The van der Waals surface area contributed by atoms with E-state index in [1.807, 2.05) is 7.05 Å². The molecule has 1 spiro atoms.